The highest BCUT2D eigenvalue weighted by atomic mass is 16.5. The van der Waals surface area contributed by atoms with Crippen LogP contribution in [0.25, 0.3) is 0 Å². The van der Waals surface area contributed by atoms with Gasteiger partial charge in [0.2, 0.25) is 5.89 Å². The Hall–Kier alpha value is -2.44. The molecule has 0 radical (unpaired) electrons. The second-order valence-corrected chi connectivity index (χ2v) is 3.31. The van der Waals surface area contributed by atoms with Gasteiger partial charge in [0.15, 0.2) is 5.82 Å². The van der Waals surface area contributed by atoms with Crippen LogP contribution in [0, 0.1) is 6.92 Å². The predicted octanol–water partition coefficient (Wildman–Crippen LogP) is 1.08. The van der Waals surface area contributed by atoms with E-state index in [2.05, 4.69) is 20.4 Å². The summed E-state index contributed by atoms with van der Waals surface area (Å²) in [5, 5.41) is 15.5. The van der Waals surface area contributed by atoms with Crippen LogP contribution < -0.4 is 5.32 Å². The van der Waals surface area contributed by atoms with Crippen molar-refractivity contribution in [3.63, 3.8) is 0 Å². The lowest BCUT2D eigenvalue weighted by Gasteiger charge is -2.05. The Bertz CT molecular complexity index is 538. The standard InChI is InChI=1S/C10H10N4O3/c1-6-13-9(14-17-6)5-12-8-4-11-3-2-7(8)10(15)16/h2-4,12H,5H2,1H3,(H,15,16). The van der Waals surface area contributed by atoms with E-state index in [1.807, 2.05) is 0 Å². The summed E-state index contributed by atoms with van der Waals surface area (Å²) in [6, 6.07) is 1.42. The highest BCUT2D eigenvalue weighted by Crippen LogP contribution is 2.13. The van der Waals surface area contributed by atoms with Crippen molar-refractivity contribution in [2.75, 3.05) is 5.32 Å². The average Bonchev–Trinajstić information content (AvgIpc) is 2.73. The van der Waals surface area contributed by atoms with Crippen molar-refractivity contribution < 1.29 is 14.4 Å². The van der Waals surface area contributed by atoms with Crippen molar-refractivity contribution in [3.8, 4) is 0 Å². The molecule has 0 saturated heterocycles. The zero-order chi connectivity index (χ0) is 12.3. The number of aryl methyl sites for hydroxylation is 1. The summed E-state index contributed by atoms with van der Waals surface area (Å²) < 4.78 is 4.80. The average molecular weight is 234 g/mol. The van der Waals surface area contributed by atoms with Gasteiger partial charge in [-0.15, -0.1) is 0 Å². The largest absolute Gasteiger partial charge is 0.478 e. The lowest BCUT2D eigenvalue weighted by molar-refractivity contribution is 0.0698. The molecule has 0 aliphatic heterocycles. The number of pyridine rings is 1. The third-order valence-corrected chi connectivity index (χ3v) is 2.06. The number of carbonyl (C=O) groups is 1. The van der Waals surface area contributed by atoms with Crippen LogP contribution in [-0.4, -0.2) is 26.2 Å². The smallest absolute Gasteiger partial charge is 0.337 e. The Morgan fingerprint density at radius 3 is 3.06 bits per heavy atom. The van der Waals surface area contributed by atoms with E-state index in [1.165, 1.54) is 18.5 Å². The number of hydrogen-bond donors (Lipinski definition) is 2. The molecule has 2 heterocycles. The topological polar surface area (TPSA) is 101 Å². The summed E-state index contributed by atoms with van der Waals surface area (Å²) in [5.74, 6) is -0.0895. The Labute approximate surface area is 96.5 Å². The van der Waals surface area contributed by atoms with Crippen LogP contribution in [0.2, 0.25) is 0 Å². The van der Waals surface area contributed by atoms with E-state index in [9.17, 15) is 4.79 Å². The van der Waals surface area contributed by atoms with Crippen molar-refractivity contribution >= 4 is 11.7 Å². The van der Waals surface area contributed by atoms with Gasteiger partial charge in [0, 0.05) is 13.1 Å². The van der Waals surface area contributed by atoms with Gasteiger partial charge < -0.3 is 14.9 Å². The highest BCUT2D eigenvalue weighted by molar-refractivity contribution is 5.93. The van der Waals surface area contributed by atoms with E-state index in [4.69, 9.17) is 9.63 Å². The van der Waals surface area contributed by atoms with Crippen LogP contribution in [0.1, 0.15) is 22.1 Å². The molecular weight excluding hydrogens is 224 g/mol. The molecule has 2 aromatic rings. The molecule has 2 aromatic heterocycles. The van der Waals surface area contributed by atoms with Crippen LogP contribution in [0.5, 0.6) is 0 Å². The van der Waals surface area contributed by atoms with E-state index < -0.39 is 5.97 Å². The third-order valence-electron chi connectivity index (χ3n) is 2.06. The molecule has 0 aliphatic rings. The number of aromatic carboxylic acids is 1. The maximum absolute atomic E-state index is 10.9. The Kier molecular flexibility index (Phi) is 2.99. The van der Waals surface area contributed by atoms with Gasteiger partial charge in [0.25, 0.3) is 0 Å². The minimum Gasteiger partial charge on any atom is -0.478 e. The second kappa shape index (κ2) is 4.60. The fraction of sp³-hybridized carbons (Fsp3) is 0.200. The van der Waals surface area contributed by atoms with E-state index in [0.29, 0.717) is 17.4 Å². The van der Waals surface area contributed by atoms with E-state index >= 15 is 0 Å². The van der Waals surface area contributed by atoms with Gasteiger partial charge in [-0.1, -0.05) is 5.16 Å². The van der Waals surface area contributed by atoms with Crippen molar-refractivity contribution in [1.29, 1.82) is 0 Å². The summed E-state index contributed by atoms with van der Waals surface area (Å²) in [6.45, 7) is 1.96. The number of hydrogen-bond acceptors (Lipinski definition) is 6. The fourth-order valence-electron chi connectivity index (χ4n) is 1.31. The molecule has 7 nitrogen and oxygen atoms in total. The number of aromatic nitrogens is 3. The summed E-state index contributed by atoms with van der Waals surface area (Å²) in [6.07, 6.45) is 2.86. The first-order valence-electron chi connectivity index (χ1n) is 4.87. The van der Waals surface area contributed by atoms with Gasteiger partial charge >= 0.3 is 5.97 Å². The van der Waals surface area contributed by atoms with Crippen molar-refractivity contribution in [3.05, 3.63) is 35.7 Å². The van der Waals surface area contributed by atoms with Gasteiger partial charge in [-0.05, 0) is 6.07 Å². The summed E-state index contributed by atoms with van der Waals surface area (Å²) in [5.41, 5.74) is 0.572. The maximum atomic E-state index is 10.9. The molecule has 2 rings (SSSR count). The van der Waals surface area contributed by atoms with Crippen molar-refractivity contribution in [2.45, 2.75) is 13.5 Å². The lowest BCUT2D eigenvalue weighted by Crippen LogP contribution is -2.07. The fourth-order valence-corrected chi connectivity index (χ4v) is 1.31. The maximum Gasteiger partial charge on any atom is 0.337 e. The quantitative estimate of drug-likeness (QED) is 0.816. The van der Waals surface area contributed by atoms with Gasteiger partial charge in [-0.25, -0.2) is 4.79 Å². The molecule has 2 N–H and O–H groups in total. The first-order valence-corrected chi connectivity index (χ1v) is 4.87. The molecule has 0 aromatic carbocycles. The Morgan fingerprint density at radius 1 is 1.59 bits per heavy atom. The van der Waals surface area contributed by atoms with Crippen LogP contribution in [0.3, 0.4) is 0 Å². The zero-order valence-corrected chi connectivity index (χ0v) is 9.04. The minimum atomic E-state index is -1.01. The lowest BCUT2D eigenvalue weighted by atomic mass is 10.2. The molecule has 0 fully saturated rings. The third kappa shape index (κ3) is 2.57. The van der Waals surface area contributed by atoms with Gasteiger partial charge in [-0.3, -0.25) is 4.98 Å². The summed E-state index contributed by atoms with van der Waals surface area (Å²) >= 11 is 0. The van der Waals surface area contributed by atoms with E-state index in [0.717, 1.165) is 0 Å². The monoisotopic (exact) mass is 234 g/mol. The molecule has 7 heteroatoms. The number of rotatable bonds is 4. The van der Waals surface area contributed by atoms with E-state index in [-0.39, 0.29) is 12.1 Å². The van der Waals surface area contributed by atoms with Gasteiger partial charge in [0.05, 0.1) is 24.0 Å². The van der Waals surface area contributed by atoms with E-state index in [1.54, 1.807) is 6.92 Å². The van der Waals surface area contributed by atoms with Crippen LogP contribution >= 0.6 is 0 Å². The number of carboxylic acid groups (broad SMARTS) is 1. The van der Waals surface area contributed by atoms with Gasteiger partial charge in [-0.2, -0.15) is 4.98 Å². The first-order chi connectivity index (χ1) is 8.16. The Balaban J connectivity index is 2.11. The summed E-state index contributed by atoms with van der Waals surface area (Å²) in [7, 11) is 0. The molecule has 0 atom stereocenters. The number of anilines is 1. The number of nitrogens with one attached hydrogen (secondary N) is 1. The normalized spacial score (nSPS) is 10.2. The number of nitrogens with zero attached hydrogens (tertiary/aromatic N) is 3. The molecular formula is C10H10N4O3. The zero-order valence-electron chi connectivity index (χ0n) is 9.04. The summed E-state index contributed by atoms with van der Waals surface area (Å²) in [4.78, 5) is 18.8. The molecule has 17 heavy (non-hydrogen) atoms. The number of carboxylic acids is 1. The van der Waals surface area contributed by atoms with Crippen LogP contribution in [0.4, 0.5) is 5.69 Å². The van der Waals surface area contributed by atoms with Crippen LogP contribution in [-0.2, 0) is 6.54 Å². The molecule has 0 saturated carbocycles. The molecule has 88 valence electrons. The van der Waals surface area contributed by atoms with Crippen LogP contribution in [0.15, 0.2) is 23.0 Å². The minimum absolute atomic E-state index is 0.153. The first kappa shape index (κ1) is 11.1. The van der Waals surface area contributed by atoms with Crippen molar-refractivity contribution in [2.24, 2.45) is 0 Å². The molecule has 0 spiro atoms. The highest BCUT2D eigenvalue weighted by Gasteiger charge is 2.10. The SMILES string of the molecule is Cc1nc(CNc2cnccc2C(=O)O)no1. The molecule has 0 aliphatic carbocycles. The molecule has 0 amide bonds. The predicted molar refractivity (Wildman–Crippen MR) is 57.6 cm³/mol. The van der Waals surface area contributed by atoms with Gasteiger partial charge in [0.1, 0.15) is 0 Å². The molecule has 0 unspecified atom stereocenters. The Morgan fingerprint density at radius 2 is 2.41 bits per heavy atom. The second-order valence-electron chi connectivity index (χ2n) is 3.31. The van der Waals surface area contributed by atoms with Crippen molar-refractivity contribution in [1.82, 2.24) is 15.1 Å². The molecule has 0 bridgehead atoms.